The van der Waals surface area contributed by atoms with Gasteiger partial charge in [0.2, 0.25) is 0 Å². The van der Waals surface area contributed by atoms with Crippen molar-refractivity contribution in [3.05, 3.63) is 59.7 Å². The number of carbonyl (C=O) groups excluding carboxylic acids is 1. The molecule has 138 valence electrons. The van der Waals surface area contributed by atoms with E-state index in [2.05, 4.69) is 5.32 Å². The number of rotatable bonds is 4. The molecule has 1 aliphatic heterocycles. The first-order valence-corrected chi connectivity index (χ1v) is 9.87. The van der Waals surface area contributed by atoms with Gasteiger partial charge in [-0.3, -0.25) is 4.79 Å². The summed E-state index contributed by atoms with van der Waals surface area (Å²) in [6, 6.07) is 9.77. The molecule has 0 spiro atoms. The van der Waals surface area contributed by atoms with Crippen LogP contribution in [0, 0.1) is 11.6 Å². The van der Waals surface area contributed by atoms with Crippen molar-refractivity contribution in [1.82, 2.24) is 0 Å². The van der Waals surface area contributed by atoms with Crippen LogP contribution < -0.4 is 10.2 Å². The number of halogens is 2. The molecule has 0 aliphatic carbocycles. The summed E-state index contributed by atoms with van der Waals surface area (Å²) >= 11 is 0. The molecule has 0 bridgehead atoms. The minimum absolute atomic E-state index is 0.0151. The second-order valence-corrected chi connectivity index (χ2v) is 8.53. The van der Waals surface area contributed by atoms with Crippen LogP contribution in [0.4, 0.5) is 20.2 Å². The van der Waals surface area contributed by atoms with Gasteiger partial charge in [0.1, 0.15) is 0 Å². The first-order chi connectivity index (χ1) is 12.2. The van der Waals surface area contributed by atoms with Crippen LogP contribution >= 0.6 is 0 Å². The maximum atomic E-state index is 13.2. The molecule has 1 amide bonds. The second-order valence-electron chi connectivity index (χ2n) is 6.30. The lowest BCUT2D eigenvalue weighted by Crippen LogP contribution is -2.32. The number of anilines is 2. The fourth-order valence-electron chi connectivity index (χ4n) is 2.91. The fourth-order valence-corrected chi connectivity index (χ4v) is 4.69. The van der Waals surface area contributed by atoms with Crippen molar-refractivity contribution in [3.63, 3.8) is 0 Å². The van der Waals surface area contributed by atoms with Crippen molar-refractivity contribution in [2.45, 2.75) is 12.5 Å². The molecule has 1 fully saturated rings. The normalized spacial score (nSPS) is 18.5. The lowest BCUT2D eigenvalue weighted by atomic mass is 10.1. The van der Waals surface area contributed by atoms with Gasteiger partial charge in [0.25, 0.3) is 5.91 Å². The third-order valence-electron chi connectivity index (χ3n) is 4.47. The number of nitrogens with zero attached hydrogens (tertiary/aromatic N) is 1. The van der Waals surface area contributed by atoms with Gasteiger partial charge in [0.05, 0.1) is 11.5 Å². The standard InChI is InChI=1S/C18H18F2N2O3S/c1-22(15-8-9-26(24,25)11-15)14-5-3-13(4-6-14)21-18(23)12-2-7-16(19)17(20)10-12/h2-7,10,15H,8-9,11H2,1H3,(H,21,23). The smallest absolute Gasteiger partial charge is 0.255 e. The first-order valence-electron chi connectivity index (χ1n) is 8.05. The predicted molar refractivity (Wildman–Crippen MR) is 96.2 cm³/mol. The zero-order valence-corrected chi connectivity index (χ0v) is 14.9. The molecule has 0 radical (unpaired) electrons. The molecule has 2 aromatic carbocycles. The molecule has 0 saturated carbocycles. The Morgan fingerprint density at radius 1 is 1.12 bits per heavy atom. The van der Waals surface area contributed by atoms with Crippen LogP contribution in [-0.2, 0) is 9.84 Å². The molecule has 8 heteroatoms. The summed E-state index contributed by atoms with van der Waals surface area (Å²) in [6.07, 6.45) is 0.591. The molecule has 2 aromatic rings. The van der Waals surface area contributed by atoms with E-state index in [9.17, 15) is 22.0 Å². The van der Waals surface area contributed by atoms with Gasteiger partial charge in [-0.25, -0.2) is 17.2 Å². The van der Waals surface area contributed by atoms with Crippen LogP contribution in [-0.4, -0.2) is 38.9 Å². The molecule has 1 unspecified atom stereocenters. The summed E-state index contributed by atoms with van der Waals surface area (Å²) in [6.45, 7) is 0. The van der Waals surface area contributed by atoms with Gasteiger partial charge in [-0.2, -0.15) is 0 Å². The summed E-state index contributed by atoms with van der Waals surface area (Å²) in [7, 11) is -1.13. The topological polar surface area (TPSA) is 66.5 Å². The van der Waals surface area contributed by atoms with E-state index in [1.807, 2.05) is 11.9 Å². The largest absolute Gasteiger partial charge is 0.371 e. The Hall–Kier alpha value is -2.48. The molecule has 1 N–H and O–H groups in total. The van der Waals surface area contributed by atoms with E-state index in [1.54, 1.807) is 24.3 Å². The quantitative estimate of drug-likeness (QED) is 0.886. The third-order valence-corrected chi connectivity index (χ3v) is 6.22. The molecule has 1 heterocycles. The predicted octanol–water partition coefficient (Wildman–Crippen LogP) is 2.84. The fraction of sp³-hybridized carbons (Fsp3) is 0.278. The molecule has 3 rings (SSSR count). The van der Waals surface area contributed by atoms with Crippen molar-refractivity contribution < 1.29 is 22.0 Å². The second kappa shape index (κ2) is 7.03. The van der Waals surface area contributed by atoms with E-state index >= 15 is 0 Å². The Bertz CT molecular complexity index is 930. The zero-order valence-electron chi connectivity index (χ0n) is 14.1. The number of amides is 1. The van der Waals surface area contributed by atoms with Crippen LogP contribution in [0.15, 0.2) is 42.5 Å². The molecule has 1 saturated heterocycles. The number of sulfone groups is 1. The van der Waals surface area contributed by atoms with Crippen LogP contribution in [0.25, 0.3) is 0 Å². The number of carbonyl (C=O) groups is 1. The summed E-state index contributed by atoms with van der Waals surface area (Å²) in [5, 5.41) is 2.61. The highest BCUT2D eigenvalue weighted by Crippen LogP contribution is 2.24. The van der Waals surface area contributed by atoms with Gasteiger partial charge >= 0.3 is 0 Å². The minimum Gasteiger partial charge on any atom is -0.371 e. The number of hydrogen-bond donors (Lipinski definition) is 1. The molecule has 26 heavy (non-hydrogen) atoms. The van der Waals surface area contributed by atoms with E-state index < -0.39 is 27.4 Å². The minimum atomic E-state index is -2.97. The maximum absolute atomic E-state index is 13.2. The van der Waals surface area contributed by atoms with Gasteiger partial charge in [0, 0.05) is 30.0 Å². The Kier molecular flexibility index (Phi) is 4.95. The van der Waals surface area contributed by atoms with Gasteiger partial charge in [0.15, 0.2) is 21.5 Å². The molecular weight excluding hydrogens is 362 g/mol. The van der Waals surface area contributed by atoms with Crippen molar-refractivity contribution in [3.8, 4) is 0 Å². The average Bonchev–Trinajstić information content (AvgIpc) is 2.97. The first kappa shape index (κ1) is 18.3. The van der Waals surface area contributed by atoms with Gasteiger partial charge < -0.3 is 10.2 Å². The molecule has 5 nitrogen and oxygen atoms in total. The zero-order chi connectivity index (χ0) is 18.9. The van der Waals surface area contributed by atoms with E-state index in [-0.39, 0.29) is 23.1 Å². The van der Waals surface area contributed by atoms with E-state index in [0.29, 0.717) is 12.1 Å². The Balaban J connectivity index is 1.67. The van der Waals surface area contributed by atoms with Crippen molar-refractivity contribution in [2.24, 2.45) is 0 Å². The SMILES string of the molecule is CN(c1ccc(NC(=O)c2ccc(F)c(F)c2)cc1)C1CCS(=O)(=O)C1. The van der Waals surface area contributed by atoms with Crippen molar-refractivity contribution >= 4 is 27.1 Å². The Morgan fingerprint density at radius 3 is 2.38 bits per heavy atom. The average molecular weight is 380 g/mol. The van der Waals surface area contributed by atoms with Crippen molar-refractivity contribution in [2.75, 3.05) is 28.8 Å². The lowest BCUT2D eigenvalue weighted by Gasteiger charge is -2.25. The molecule has 1 aliphatic rings. The lowest BCUT2D eigenvalue weighted by molar-refractivity contribution is 0.102. The van der Waals surface area contributed by atoms with E-state index in [0.717, 1.165) is 17.8 Å². The number of benzene rings is 2. The highest BCUT2D eigenvalue weighted by atomic mass is 32.2. The van der Waals surface area contributed by atoms with Crippen molar-refractivity contribution in [1.29, 1.82) is 0 Å². The molecule has 0 aromatic heterocycles. The maximum Gasteiger partial charge on any atom is 0.255 e. The highest BCUT2D eigenvalue weighted by molar-refractivity contribution is 7.91. The number of nitrogens with one attached hydrogen (secondary N) is 1. The monoisotopic (exact) mass is 380 g/mol. The van der Waals surface area contributed by atoms with Crippen LogP contribution in [0.5, 0.6) is 0 Å². The summed E-state index contributed by atoms with van der Waals surface area (Å²) in [4.78, 5) is 14.0. The Labute approximate surface area is 150 Å². The van der Waals surface area contributed by atoms with Crippen LogP contribution in [0.1, 0.15) is 16.8 Å². The molecule has 1 atom stereocenters. The van der Waals surface area contributed by atoms with E-state index in [1.165, 1.54) is 6.07 Å². The third kappa shape index (κ3) is 4.01. The highest BCUT2D eigenvalue weighted by Gasteiger charge is 2.30. The van der Waals surface area contributed by atoms with Crippen LogP contribution in [0.3, 0.4) is 0 Å². The van der Waals surface area contributed by atoms with Gasteiger partial charge in [-0.1, -0.05) is 0 Å². The Morgan fingerprint density at radius 2 is 1.81 bits per heavy atom. The summed E-state index contributed by atoms with van der Waals surface area (Å²) < 4.78 is 49.4. The summed E-state index contributed by atoms with van der Waals surface area (Å²) in [5.74, 6) is -2.31. The van der Waals surface area contributed by atoms with Gasteiger partial charge in [-0.15, -0.1) is 0 Å². The molecular formula is C18H18F2N2O3S. The number of hydrogen-bond acceptors (Lipinski definition) is 4. The van der Waals surface area contributed by atoms with Gasteiger partial charge in [-0.05, 0) is 48.9 Å². The van der Waals surface area contributed by atoms with E-state index in [4.69, 9.17) is 0 Å². The van der Waals surface area contributed by atoms with Crippen LogP contribution in [0.2, 0.25) is 0 Å². The summed E-state index contributed by atoms with van der Waals surface area (Å²) in [5.41, 5.74) is 1.34.